The van der Waals surface area contributed by atoms with Crippen molar-refractivity contribution in [1.29, 1.82) is 0 Å². The molecule has 0 aliphatic heterocycles. The summed E-state index contributed by atoms with van der Waals surface area (Å²) < 4.78 is 73.5. The first-order valence-corrected chi connectivity index (χ1v) is 38.8. The fraction of sp³-hybridized carbons (Fsp3) is 0.737. The Bertz CT molecular complexity index is 2300. The summed E-state index contributed by atoms with van der Waals surface area (Å²) >= 11 is 0. The van der Waals surface area contributed by atoms with Gasteiger partial charge in [0.25, 0.3) is 0 Å². The Hall–Kier alpha value is -1.21. The zero-order valence-corrected chi connectivity index (χ0v) is 61.6. The molecule has 85 heavy (non-hydrogen) atoms. The number of hydrogen-bond acceptors (Lipinski definition) is 6. The Morgan fingerprint density at radius 2 is 0.459 bits per heavy atom. The fourth-order valence-electron chi connectivity index (χ4n) is 13.0. The Balaban J connectivity index is 0.000000573. The van der Waals surface area contributed by atoms with E-state index in [1.807, 2.05) is 12.1 Å². The van der Waals surface area contributed by atoms with Gasteiger partial charge in [-0.25, -0.2) is 16.8 Å². The van der Waals surface area contributed by atoms with Crippen LogP contribution in [0.2, 0.25) is 0 Å². The summed E-state index contributed by atoms with van der Waals surface area (Å²) in [6, 6.07) is 19.3. The molecular formula is C76H126BaO6S2. The second-order valence-corrected chi connectivity index (χ2v) is 28.3. The summed E-state index contributed by atoms with van der Waals surface area (Å²) in [5, 5.41) is 4.18. The molecule has 4 aromatic rings. The number of unbranched alkanes of at least 4 members (excludes halogenated alkanes) is 44. The van der Waals surface area contributed by atoms with E-state index in [9.17, 15) is 25.9 Å². The zero-order chi connectivity index (χ0) is 60.6. The van der Waals surface area contributed by atoms with Crippen molar-refractivity contribution < 1.29 is 25.9 Å². The van der Waals surface area contributed by atoms with Crippen LogP contribution >= 0.6 is 0 Å². The van der Waals surface area contributed by atoms with E-state index in [0.717, 1.165) is 84.0 Å². The summed E-state index contributed by atoms with van der Waals surface area (Å²) in [5.74, 6) is 0. The van der Waals surface area contributed by atoms with Crippen LogP contribution in [0.5, 0.6) is 0 Å². The standard InChI is InChI=1S/2C38H64O3S.Ba/c2*1-3-5-7-9-11-13-15-17-19-21-23-25-28-34-29-27-30-35-32-33-37(42(39,40)41)36(38(34)35)31-26-24-22-20-18-16-14-12-10-8-6-4-2;/h2*27,29-30,32-33H,3-26,28,31H2,1-2H3,(H,39,40,41);/q;;+2/p-2. The summed E-state index contributed by atoms with van der Waals surface area (Å²) in [6.45, 7) is 9.07. The molecule has 0 fully saturated rings. The van der Waals surface area contributed by atoms with Gasteiger partial charge in [-0.05, 0) is 107 Å². The van der Waals surface area contributed by atoms with Gasteiger partial charge in [0.2, 0.25) is 0 Å². The van der Waals surface area contributed by atoms with Crippen molar-refractivity contribution in [2.45, 2.75) is 371 Å². The maximum Gasteiger partial charge on any atom is 2.00 e. The van der Waals surface area contributed by atoms with E-state index in [1.54, 1.807) is 12.1 Å². The topological polar surface area (TPSA) is 114 Å². The molecule has 0 heterocycles. The van der Waals surface area contributed by atoms with E-state index >= 15 is 0 Å². The van der Waals surface area contributed by atoms with E-state index in [4.69, 9.17) is 0 Å². The van der Waals surface area contributed by atoms with Gasteiger partial charge in [-0.15, -0.1) is 0 Å². The summed E-state index contributed by atoms with van der Waals surface area (Å²) in [6.07, 6.45) is 65.5. The van der Waals surface area contributed by atoms with Gasteiger partial charge in [0.15, 0.2) is 0 Å². The van der Waals surface area contributed by atoms with Crippen LogP contribution in [0.1, 0.15) is 358 Å². The maximum absolute atomic E-state index is 12.2. The van der Waals surface area contributed by atoms with Crippen LogP contribution in [-0.2, 0) is 45.9 Å². The maximum atomic E-state index is 12.2. The van der Waals surface area contributed by atoms with Crippen molar-refractivity contribution in [2.75, 3.05) is 0 Å². The predicted molar refractivity (Wildman–Crippen MR) is 369 cm³/mol. The summed E-state index contributed by atoms with van der Waals surface area (Å²) in [4.78, 5) is 0.000402. The minimum Gasteiger partial charge on any atom is -0.744 e. The first-order valence-electron chi connectivity index (χ1n) is 36.0. The smallest absolute Gasteiger partial charge is 0.744 e. The predicted octanol–water partition coefficient (Wildman–Crippen LogP) is 24.1. The van der Waals surface area contributed by atoms with E-state index < -0.39 is 20.2 Å². The van der Waals surface area contributed by atoms with Gasteiger partial charge in [-0.1, -0.05) is 359 Å². The Kier molecular flexibility index (Phi) is 49.3. The number of hydrogen-bond donors (Lipinski definition) is 0. The first-order chi connectivity index (χ1) is 41.0. The minimum atomic E-state index is -4.51. The minimum absolute atomic E-state index is 0. The molecule has 0 radical (unpaired) electrons. The molecule has 0 aliphatic rings. The second-order valence-electron chi connectivity index (χ2n) is 25.6. The molecule has 0 spiro atoms. The van der Waals surface area contributed by atoms with Crippen molar-refractivity contribution >= 4 is 90.7 Å². The van der Waals surface area contributed by atoms with Gasteiger partial charge in [0.05, 0.1) is 9.79 Å². The molecule has 6 nitrogen and oxygen atoms in total. The number of fused-ring (bicyclic) bond motifs is 2. The van der Waals surface area contributed by atoms with Crippen LogP contribution in [0.3, 0.4) is 0 Å². The molecule has 0 aromatic heterocycles. The molecule has 9 heteroatoms. The average Bonchev–Trinajstić information content (AvgIpc) is 1.37. The van der Waals surface area contributed by atoms with E-state index in [-0.39, 0.29) is 58.7 Å². The van der Waals surface area contributed by atoms with Crippen LogP contribution in [0, 0.1) is 0 Å². The largest absolute Gasteiger partial charge is 2.00 e. The van der Waals surface area contributed by atoms with Crippen LogP contribution in [0.25, 0.3) is 21.5 Å². The molecule has 0 saturated heterocycles. The molecule has 0 N–H and O–H groups in total. The van der Waals surface area contributed by atoms with Crippen molar-refractivity contribution in [3.8, 4) is 0 Å². The van der Waals surface area contributed by atoms with Gasteiger partial charge >= 0.3 is 48.9 Å². The van der Waals surface area contributed by atoms with E-state index in [0.29, 0.717) is 12.8 Å². The fourth-order valence-corrected chi connectivity index (χ4v) is 14.5. The summed E-state index contributed by atoms with van der Waals surface area (Å²) in [7, 11) is -9.01. The average molecular weight is 1340 g/mol. The van der Waals surface area contributed by atoms with E-state index in [1.165, 1.54) is 281 Å². The van der Waals surface area contributed by atoms with Gasteiger partial charge in [-0.3, -0.25) is 0 Å². The molecule has 4 rings (SSSR count). The molecule has 0 unspecified atom stereocenters. The third-order valence-electron chi connectivity index (χ3n) is 18.1. The van der Waals surface area contributed by atoms with Gasteiger partial charge in [-0.2, -0.15) is 0 Å². The van der Waals surface area contributed by atoms with Crippen LogP contribution in [0.15, 0.2) is 70.5 Å². The van der Waals surface area contributed by atoms with Crippen molar-refractivity contribution in [3.05, 3.63) is 82.9 Å². The molecule has 0 amide bonds. The summed E-state index contributed by atoms with van der Waals surface area (Å²) in [5.41, 5.74) is 3.95. The van der Waals surface area contributed by atoms with Crippen molar-refractivity contribution in [1.82, 2.24) is 0 Å². The second kappa shape index (κ2) is 52.4. The van der Waals surface area contributed by atoms with Crippen molar-refractivity contribution in [2.24, 2.45) is 0 Å². The first kappa shape index (κ1) is 79.9. The third-order valence-corrected chi connectivity index (χ3v) is 19.9. The van der Waals surface area contributed by atoms with Gasteiger partial charge < -0.3 is 9.11 Å². The van der Waals surface area contributed by atoms with Crippen LogP contribution in [-0.4, -0.2) is 74.8 Å². The number of rotatable bonds is 54. The van der Waals surface area contributed by atoms with Gasteiger partial charge in [0.1, 0.15) is 20.2 Å². The third kappa shape index (κ3) is 37.0. The van der Waals surface area contributed by atoms with Crippen LogP contribution in [0.4, 0.5) is 0 Å². The Morgan fingerprint density at radius 1 is 0.259 bits per heavy atom. The monoisotopic (exact) mass is 1340 g/mol. The molecule has 0 atom stereocenters. The molecule has 0 bridgehead atoms. The Morgan fingerprint density at radius 3 is 0.671 bits per heavy atom. The number of benzene rings is 4. The molecular weight excluding hydrogens is 1210 g/mol. The number of aryl methyl sites for hydroxylation is 4. The Labute approximate surface area is 565 Å². The SMILES string of the molecule is CCCCCCCCCCCCCCc1cccc2ccc(S(=O)(=O)[O-])c(CCCCCCCCCCCCCC)c12.CCCCCCCCCCCCCCc1cccc2ccc(S(=O)(=O)[O-])c(CCCCCCCCCCCCCC)c12.[Ba+2]. The molecule has 4 aromatic carbocycles. The van der Waals surface area contributed by atoms with Crippen molar-refractivity contribution in [3.63, 3.8) is 0 Å². The normalized spacial score (nSPS) is 11.8. The van der Waals surface area contributed by atoms with Gasteiger partial charge in [0, 0.05) is 0 Å². The quantitative estimate of drug-likeness (QED) is 0.0247. The van der Waals surface area contributed by atoms with E-state index in [2.05, 4.69) is 64.1 Å². The molecule has 0 aliphatic carbocycles. The molecule has 480 valence electrons. The molecule has 0 saturated carbocycles. The van der Waals surface area contributed by atoms with Crippen LogP contribution < -0.4 is 0 Å². The zero-order valence-electron chi connectivity index (χ0n) is 55.5.